The van der Waals surface area contributed by atoms with Gasteiger partial charge in [0.2, 0.25) is 0 Å². The SMILES string of the molecule is CC(C)(C)OC(=O)C(=O)OCc1ccccc1Br. The van der Waals surface area contributed by atoms with Crippen LogP contribution in [0.1, 0.15) is 26.3 Å². The maximum Gasteiger partial charge on any atom is 0.418 e. The molecule has 0 aliphatic rings. The highest BCUT2D eigenvalue weighted by Crippen LogP contribution is 2.17. The molecule has 0 aromatic heterocycles. The number of rotatable bonds is 2. The van der Waals surface area contributed by atoms with E-state index >= 15 is 0 Å². The van der Waals surface area contributed by atoms with E-state index in [-0.39, 0.29) is 6.61 Å². The summed E-state index contributed by atoms with van der Waals surface area (Å²) in [4.78, 5) is 22.7. The summed E-state index contributed by atoms with van der Waals surface area (Å²) in [6.45, 7) is 5.09. The summed E-state index contributed by atoms with van der Waals surface area (Å²) in [5.41, 5.74) is 0.0816. The highest BCUT2D eigenvalue weighted by Gasteiger charge is 2.24. The molecule has 18 heavy (non-hydrogen) atoms. The van der Waals surface area contributed by atoms with E-state index in [1.165, 1.54) is 0 Å². The number of benzene rings is 1. The van der Waals surface area contributed by atoms with Crippen LogP contribution in [-0.4, -0.2) is 17.5 Å². The Labute approximate surface area is 114 Å². The summed E-state index contributed by atoms with van der Waals surface area (Å²) < 4.78 is 10.6. The van der Waals surface area contributed by atoms with Crippen molar-refractivity contribution in [2.45, 2.75) is 33.0 Å². The molecule has 0 radical (unpaired) electrons. The van der Waals surface area contributed by atoms with Crippen molar-refractivity contribution in [3.63, 3.8) is 0 Å². The van der Waals surface area contributed by atoms with E-state index < -0.39 is 17.5 Å². The first-order valence-electron chi connectivity index (χ1n) is 5.43. The third-order valence-electron chi connectivity index (χ3n) is 1.88. The third kappa shape index (κ3) is 4.87. The Balaban J connectivity index is 2.52. The maximum atomic E-state index is 11.4. The zero-order valence-electron chi connectivity index (χ0n) is 10.5. The van der Waals surface area contributed by atoms with E-state index in [1.54, 1.807) is 26.8 Å². The Morgan fingerprint density at radius 2 is 1.78 bits per heavy atom. The van der Waals surface area contributed by atoms with Gasteiger partial charge in [-0.3, -0.25) is 0 Å². The van der Waals surface area contributed by atoms with E-state index in [1.807, 2.05) is 18.2 Å². The van der Waals surface area contributed by atoms with Crippen molar-refractivity contribution in [3.8, 4) is 0 Å². The molecule has 0 fully saturated rings. The zero-order chi connectivity index (χ0) is 13.8. The van der Waals surface area contributed by atoms with E-state index in [0.717, 1.165) is 10.0 Å². The third-order valence-corrected chi connectivity index (χ3v) is 2.66. The molecule has 0 bridgehead atoms. The van der Waals surface area contributed by atoms with Gasteiger partial charge in [0.1, 0.15) is 12.2 Å². The lowest BCUT2D eigenvalue weighted by molar-refractivity contribution is -0.175. The minimum Gasteiger partial charge on any atom is -0.452 e. The van der Waals surface area contributed by atoms with Crippen molar-refractivity contribution in [2.75, 3.05) is 0 Å². The smallest absolute Gasteiger partial charge is 0.418 e. The van der Waals surface area contributed by atoms with Crippen molar-refractivity contribution < 1.29 is 19.1 Å². The van der Waals surface area contributed by atoms with Gasteiger partial charge >= 0.3 is 11.9 Å². The molecular weight excluding hydrogens is 300 g/mol. The number of carbonyl (C=O) groups excluding carboxylic acids is 2. The number of carbonyl (C=O) groups is 2. The topological polar surface area (TPSA) is 52.6 Å². The summed E-state index contributed by atoms with van der Waals surface area (Å²) in [6.07, 6.45) is 0. The Bertz CT molecular complexity index is 449. The summed E-state index contributed by atoms with van der Waals surface area (Å²) in [5, 5.41) is 0. The lowest BCUT2D eigenvalue weighted by Gasteiger charge is -2.18. The highest BCUT2D eigenvalue weighted by molar-refractivity contribution is 9.10. The Hall–Kier alpha value is -1.36. The molecule has 0 atom stereocenters. The van der Waals surface area contributed by atoms with Crippen LogP contribution in [0.4, 0.5) is 0 Å². The molecule has 1 aromatic rings. The van der Waals surface area contributed by atoms with Crippen LogP contribution in [0.15, 0.2) is 28.7 Å². The fourth-order valence-electron chi connectivity index (χ4n) is 1.14. The van der Waals surface area contributed by atoms with Gasteiger partial charge in [0, 0.05) is 10.0 Å². The van der Waals surface area contributed by atoms with Crippen molar-refractivity contribution in [1.29, 1.82) is 0 Å². The van der Waals surface area contributed by atoms with E-state index in [9.17, 15) is 9.59 Å². The van der Waals surface area contributed by atoms with Crippen LogP contribution in [0.5, 0.6) is 0 Å². The van der Waals surface area contributed by atoms with Gasteiger partial charge in [-0.25, -0.2) is 9.59 Å². The van der Waals surface area contributed by atoms with Crippen LogP contribution in [0.3, 0.4) is 0 Å². The van der Waals surface area contributed by atoms with Gasteiger partial charge in [-0.15, -0.1) is 0 Å². The second-order valence-electron chi connectivity index (χ2n) is 4.67. The van der Waals surface area contributed by atoms with Crippen LogP contribution in [0.25, 0.3) is 0 Å². The summed E-state index contributed by atoms with van der Waals surface area (Å²) in [5.74, 6) is -1.96. The molecule has 4 nitrogen and oxygen atoms in total. The number of ether oxygens (including phenoxy) is 2. The second kappa shape index (κ2) is 6.00. The molecule has 0 N–H and O–H groups in total. The normalized spacial score (nSPS) is 10.9. The quantitative estimate of drug-likeness (QED) is 0.622. The molecule has 0 unspecified atom stereocenters. The molecular formula is C13H15BrO4. The van der Waals surface area contributed by atoms with Gasteiger partial charge in [-0.2, -0.15) is 0 Å². The van der Waals surface area contributed by atoms with Crippen LogP contribution in [-0.2, 0) is 25.7 Å². The number of esters is 2. The predicted octanol–water partition coefficient (Wildman–Crippen LogP) is 2.83. The molecule has 1 rings (SSSR count). The number of hydrogen-bond donors (Lipinski definition) is 0. The summed E-state index contributed by atoms with van der Waals surface area (Å²) >= 11 is 3.32. The van der Waals surface area contributed by atoms with E-state index in [2.05, 4.69) is 15.9 Å². The lowest BCUT2D eigenvalue weighted by atomic mass is 10.2. The Morgan fingerprint density at radius 1 is 1.17 bits per heavy atom. The van der Waals surface area contributed by atoms with Crippen molar-refractivity contribution in [2.24, 2.45) is 0 Å². The van der Waals surface area contributed by atoms with Gasteiger partial charge < -0.3 is 9.47 Å². The summed E-state index contributed by atoms with van der Waals surface area (Å²) in [6, 6.07) is 7.30. The maximum absolute atomic E-state index is 11.4. The van der Waals surface area contributed by atoms with E-state index in [0.29, 0.717) is 0 Å². The monoisotopic (exact) mass is 314 g/mol. The first-order chi connectivity index (χ1) is 8.29. The lowest BCUT2D eigenvalue weighted by Crippen LogP contribution is -2.30. The average molecular weight is 315 g/mol. The molecule has 0 saturated carbocycles. The molecule has 0 amide bonds. The highest BCUT2D eigenvalue weighted by atomic mass is 79.9. The average Bonchev–Trinajstić information content (AvgIpc) is 2.25. The Kier molecular flexibility index (Phi) is 4.90. The van der Waals surface area contributed by atoms with Crippen molar-refractivity contribution >= 4 is 27.9 Å². The fourth-order valence-corrected chi connectivity index (χ4v) is 1.54. The van der Waals surface area contributed by atoms with Gasteiger partial charge in [-0.1, -0.05) is 34.1 Å². The molecule has 5 heteroatoms. The number of halogens is 1. The summed E-state index contributed by atoms with van der Waals surface area (Å²) in [7, 11) is 0. The minimum absolute atomic E-state index is 0.0273. The molecule has 0 aliphatic heterocycles. The number of hydrogen-bond acceptors (Lipinski definition) is 4. The van der Waals surface area contributed by atoms with Gasteiger partial charge in [-0.05, 0) is 26.8 Å². The standard InChI is InChI=1S/C13H15BrO4/c1-13(2,3)18-12(16)11(15)17-8-9-6-4-5-7-10(9)14/h4-7H,8H2,1-3H3. The molecule has 1 aromatic carbocycles. The van der Waals surface area contributed by atoms with Gasteiger partial charge in [0.15, 0.2) is 0 Å². The van der Waals surface area contributed by atoms with Crippen molar-refractivity contribution in [3.05, 3.63) is 34.3 Å². The first-order valence-corrected chi connectivity index (χ1v) is 6.22. The Morgan fingerprint density at radius 3 is 2.33 bits per heavy atom. The van der Waals surface area contributed by atoms with Gasteiger partial charge in [0.05, 0.1) is 0 Å². The second-order valence-corrected chi connectivity index (χ2v) is 5.52. The van der Waals surface area contributed by atoms with Crippen LogP contribution >= 0.6 is 15.9 Å². The fraction of sp³-hybridized carbons (Fsp3) is 0.385. The molecule has 0 saturated heterocycles. The zero-order valence-corrected chi connectivity index (χ0v) is 12.1. The van der Waals surface area contributed by atoms with Crippen LogP contribution in [0.2, 0.25) is 0 Å². The predicted molar refractivity (Wildman–Crippen MR) is 69.8 cm³/mol. The molecule has 0 aliphatic carbocycles. The van der Waals surface area contributed by atoms with Crippen LogP contribution < -0.4 is 0 Å². The minimum atomic E-state index is -0.985. The molecule has 0 spiro atoms. The van der Waals surface area contributed by atoms with Gasteiger partial charge in [0.25, 0.3) is 0 Å². The largest absolute Gasteiger partial charge is 0.452 e. The van der Waals surface area contributed by atoms with E-state index in [4.69, 9.17) is 9.47 Å². The first kappa shape index (κ1) is 14.7. The van der Waals surface area contributed by atoms with Crippen molar-refractivity contribution in [1.82, 2.24) is 0 Å². The van der Waals surface area contributed by atoms with Crippen LogP contribution in [0, 0.1) is 0 Å². The molecule has 0 heterocycles. The molecule has 98 valence electrons.